The van der Waals surface area contributed by atoms with Gasteiger partial charge in [-0.15, -0.1) is 0 Å². The van der Waals surface area contributed by atoms with Crippen LogP contribution in [0.25, 0.3) is 5.69 Å². The van der Waals surface area contributed by atoms with Gasteiger partial charge in [-0.25, -0.2) is 4.68 Å². The summed E-state index contributed by atoms with van der Waals surface area (Å²) >= 11 is 0. The predicted molar refractivity (Wildman–Crippen MR) is 72.8 cm³/mol. The van der Waals surface area contributed by atoms with Gasteiger partial charge >= 0.3 is 0 Å². The second-order valence-electron chi connectivity index (χ2n) is 4.61. The van der Waals surface area contributed by atoms with Crippen LogP contribution in [0.3, 0.4) is 0 Å². The second kappa shape index (κ2) is 6.36. The van der Waals surface area contributed by atoms with E-state index < -0.39 is 0 Å². The Balaban J connectivity index is 1.95. The number of nitrogens with zero attached hydrogens (tertiary/aromatic N) is 2. The highest BCUT2D eigenvalue weighted by Crippen LogP contribution is 2.11. The Morgan fingerprint density at radius 3 is 2.72 bits per heavy atom. The first-order valence-corrected chi connectivity index (χ1v) is 6.56. The maximum Gasteiger partial charge on any atom is 0.0645 e. The summed E-state index contributed by atoms with van der Waals surface area (Å²) in [6.07, 6.45) is 7.34. The topological polar surface area (TPSA) is 38.1 Å². The fourth-order valence-electron chi connectivity index (χ4n) is 2.02. The molecule has 1 heterocycles. The summed E-state index contributed by atoms with van der Waals surface area (Å²) in [5.41, 5.74) is 2.24. The maximum atomic E-state index is 9.71. The number of hydrogen-bond acceptors (Lipinski definition) is 2. The van der Waals surface area contributed by atoms with E-state index in [9.17, 15) is 5.11 Å². The average Bonchev–Trinajstić information content (AvgIpc) is 2.87. The fraction of sp³-hybridized carbons (Fsp3) is 0.400. The lowest BCUT2D eigenvalue weighted by atomic mass is 10.1. The van der Waals surface area contributed by atoms with Gasteiger partial charge in [-0.2, -0.15) is 5.10 Å². The number of benzene rings is 1. The molecule has 0 aliphatic heterocycles. The van der Waals surface area contributed by atoms with Gasteiger partial charge in [-0.1, -0.05) is 31.5 Å². The molecular weight excluding hydrogens is 224 g/mol. The lowest BCUT2D eigenvalue weighted by molar-refractivity contribution is 0.154. The molecule has 18 heavy (non-hydrogen) atoms. The van der Waals surface area contributed by atoms with Crippen molar-refractivity contribution in [2.75, 3.05) is 0 Å². The van der Waals surface area contributed by atoms with Crippen LogP contribution in [0.4, 0.5) is 0 Å². The van der Waals surface area contributed by atoms with Crippen molar-refractivity contribution in [3.05, 3.63) is 48.3 Å². The van der Waals surface area contributed by atoms with Gasteiger partial charge in [-0.3, -0.25) is 0 Å². The molecule has 3 nitrogen and oxygen atoms in total. The second-order valence-corrected chi connectivity index (χ2v) is 4.61. The highest BCUT2D eigenvalue weighted by atomic mass is 16.3. The molecular formula is C15H20N2O. The molecule has 2 aromatic rings. The summed E-state index contributed by atoms with van der Waals surface area (Å²) in [7, 11) is 0. The summed E-state index contributed by atoms with van der Waals surface area (Å²) < 4.78 is 1.88. The van der Waals surface area contributed by atoms with Crippen molar-refractivity contribution in [2.24, 2.45) is 0 Å². The zero-order valence-electron chi connectivity index (χ0n) is 10.8. The van der Waals surface area contributed by atoms with Crippen molar-refractivity contribution in [3.8, 4) is 5.69 Å². The third-order valence-electron chi connectivity index (χ3n) is 3.04. The summed E-state index contributed by atoms with van der Waals surface area (Å²) in [5.74, 6) is 0. The Hall–Kier alpha value is -1.61. The van der Waals surface area contributed by atoms with Crippen LogP contribution >= 0.6 is 0 Å². The number of aromatic nitrogens is 2. The van der Waals surface area contributed by atoms with Gasteiger partial charge in [-0.05, 0) is 37.0 Å². The zero-order valence-corrected chi connectivity index (χ0v) is 10.8. The van der Waals surface area contributed by atoms with Crippen molar-refractivity contribution < 1.29 is 5.11 Å². The van der Waals surface area contributed by atoms with E-state index in [2.05, 4.69) is 12.0 Å². The Morgan fingerprint density at radius 2 is 2.00 bits per heavy atom. The Morgan fingerprint density at radius 1 is 1.22 bits per heavy atom. The molecule has 2 rings (SSSR count). The molecule has 1 aromatic carbocycles. The van der Waals surface area contributed by atoms with Crippen molar-refractivity contribution in [2.45, 2.75) is 38.7 Å². The van der Waals surface area contributed by atoms with Crippen LogP contribution in [0.1, 0.15) is 31.7 Å². The number of aliphatic hydroxyl groups is 1. The van der Waals surface area contributed by atoms with Gasteiger partial charge in [0.1, 0.15) is 0 Å². The van der Waals surface area contributed by atoms with E-state index in [4.69, 9.17) is 0 Å². The minimum atomic E-state index is -0.185. The van der Waals surface area contributed by atoms with Gasteiger partial charge in [0, 0.05) is 6.20 Å². The summed E-state index contributed by atoms with van der Waals surface area (Å²) in [5, 5.41) is 14.1. The minimum Gasteiger partial charge on any atom is -0.393 e. The normalized spacial score (nSPS) is 12.6. The van der Waals surface area contributed by atoms with Gasteiger partial charge in [0.2, 0.25) is 0 Å². The molecule has 1 N–H and O–H groups in total. The van der Waals surface area contributed by atoms with Crippen molar-refractivity contribution in [3.63, 3.8) is 0 Å². The van der Waals surface area contributed by atoms with Gasteiger partial charge in [0.25, 0.3) is 0 Å². The van der Waals surface area contributed by atoms with Crippen LogP contribution in [-0.2, 0) is 6.42 Å². The highest BCUT2D eigenvalue weighted by Gasteiger charge is 2.05. The maximum absolute atomic E-state index is 9.71. The molecule has 3 heteroatoms. The Labute approximate surface area is 108 Å². The molecule has 0 aliphatic rings. The Bertz CT molecular complexity index is 464. The number of para-hydroxylation sites is 1. The quantitative estimate of drug-likeness (QED) is 0.848. The minimum absolute atomic E-state index is 0.185. The van der Waals surface area contributed by atoms with Crippen LogP contribution in [0.5, 0.6) is 0 Å². The molecule has 1 aromatic heterocycles. The smallest absolute Gasteiger partial charge is 0.0645 e. The third-order valence-corrected chi connectivity index (χ3v) is 3.04. The predicted octanol–water partition coefficient (Wildman–Crippen LogP) is 2.97. The fourth-order valence-corrected chi connectivity index (χ4v) is 2.02. The highest BCUT2D eigenvalue weighted by molar-refractivity contribution is 5.30. The lowest BCUT2D eigenvalue weighted by Gasteiger charge is -2.07. The lowest BCUT2D eigenvalue weighted by Crippen LogP contribution is -2.06. The first kappa shape index (κ1) is 12.8. The summed E-state index contributed by atoms with van der Waals surface area (Å²) in [6, 6.07) is 10.1. The van der Waals surface area contributed by atoms with E-state index in [-0.39, 0.29) is 6.10 Å². The van der Waals surface area contributed by atoms with Crippen LogP contribution in [0.15, 0.2) is 42.7 Å². The standard InChI is InChI=1S/C15H20N2O/c1-2-6-15(18)10-9-13-11-16-17(12-13)14-7-4-3-5-8-14/h3-5,7-8,11-12,15,18H,2,6,9-10H2,1H3. The largest absolute Gasteiger partial charge is 0.393 e. The van der Waals surface area contributed by atoms with Gasteiger partial charge in [0.05, 0.1) is 18.0 Å². The van der Waals surface area contributed by atoms with E-state index >= 15 is 0 Å². The molecule has 0 fully saturated rings. The number of aliphatic hydroxyl groups excluding tert-OH is 1. The third kappa shape index (κ3) is 3.44. The SMILES string of the molecule is CCCC(O)CCc1cnn(-c2ccccc2)c1. The molecule has 96 valence electrons. The van der Waals surface area contributed by atoms with Crippen molar-refractivity contribution in [1.82, 2.24) is 9.78 Å². The van der Waals surface area contributed by atoms with Crippen LogP contribution in [0, 0.1) is 0 Å². The number of hydrogen-bond donors (Lipinski definition) is 1. The molecule has 0 amide bonds. The van der Waals surface area contributed by atoms with E-state index in [1.165, 1.54) is 5.56 Å². The molecule has 1 atom stereocenters. The van der Waals surface area contributed by atoms with Crippen LogP contribution in [-0.4, -0.2) is 21.0 Å². The Kier molecular flexibility index (Phi) is 4.53. The van der Waals surface area contributed by atoms with E-state index in [1.807, 2.05) is 47.4 Å². The van der Waals surface area contributed by atoms with Crippen LogP contribution in [0.2, 0.25) is 0 Å². The van der Waals surface area contributed by atoms with Crippen molar-refractivity contribution >= 4 is 0 Å². The number of aryl methyl sites for hydroxylation is 1. The molecule has 0 spiro atoms. The molecule has 0 radical (unpaired) electrons. The molecule has 0 aliphatic carbocycles. The van der Waals surface area contributed by atoms with E-state index in [1.54, 1.807) is 0 Å². The molecule has 0 saturated carbocycles. The first-order chi connectivity index (χ1) is 8.79. The van der Waals surface area contributed by atoms with Crippen LogP contribution < -0.4 is 0 Å². The summed E-state index contributed by atoms with van der Waals surface area (Å²) in [4.78, 5) is 0. The first-order valence-electron chi connectivity index (χ1n) is 6.56. The van der Waals surface area contributed by atoms with E-state index in [0.717, 1.165) is 31.4 Å². The van der Waals surface area contributed by atoms with Crippen molar-refractivity contribution in [1.29, 1.82) is 0 Å². The monoisotopic (exact) mass is 244 g/mol. The summed E-state index contributed by atoms with van der Waals surface area (Å²) in [6.45, 7) is 2.09. The molecule has 1 unspecified atom stereocenters. The van der Waals surface area contributed by atoms with Gasteiger partial charge < -0.3 is 5.11 Å². The van der Waals surface area contributed by atoms with Gasteiger partial charge in [0.15, 0.2) is 0 Å². The molecule has 0 saturated heterocycles. The zero-order chi connectivity index (χ0) is 12.8. The van der Waals surface area contributed by atoms with E-state index in [0.29, 0.717) is 0 Å². The average molecular weight is 244 g/mol. The number of rotatable bonds is 6. The molecule has 0 bridgehead atoms.